The topological polar surface area (TPSA) is 52.6 Å². The van der Waals surface area contributed by atoms with E-state index in [0.717, 1.165) is 0 Å². The third kappa shape index (κ3) is 5.99. The Kier molecular flexibility index (Phi) is 7.00. The van der Waals surface area contributed by atoms with Crippen LogP contribution in [0.4, 0.5) is 0 Å². The molecule has 6 heteroatoms. The summed E-state index contributed by atoms with van der Waals surface area (Å²) in [5.41, 5.74) is 0. The summed E-state index contributed by atoms with van der Waals surface area (Å²) in [6.07, 6.45) is -0.815. The van der Waals surface area contributed by atoms with E-state index in [0.29, 0.717) is 0 Å². The molecule has 0 aromatic rings. The molecule has 0 spiro atoms. The van der Waals surface area contributed by atoms with Gasteiger partial charge in [0.2, 0.25) is 6.29 Å². The maximum Gasteiger partial charge on any atom is 0.321 e. The summed E-state index contributed by atoms with van der Waals surface area (Å²) in [5.74, 6) is -0.765. The number of ether oxygens (including phenoxy) is 2. The van der Waals surface area contributed by atoms with Gasteiger partial charge in [0.1, 0.15) is 7.85 Å². The van der Waals surface area contributed by atoms with Crippen LogP contribution in [0, 0.1) is 0 Å². The van der Waals surface area contributed by atoms with Crippen LogP contribution in [0.25, 0.3) is 0 Å². The van der Waals surface area contributed by atoms with Crippen LogP contribution in [-0.4, -0.2) is 26.1 Å². The van der Waals surface area contributed by atoms with Crippen LogP contribution < -0.4 is 0 Å². The molecule has 0 aliphatic carbocycles. The second kappa shape index (κ2) is 6.81. The van der Waals surface area contributed by atoms with E-state index in [-0.39, 0.29) is 19.8 Å². The summed E-state index contributed by atoms with van der Waals surface area (Å²) in [4.78, 5) is 22.2. The highest BCUT2D eigenvalue weighted by Crippen LogP contribution is 2.07. The molecule has 0 aromatic carbocycles. The summed E-state index contributed by atoms with van der Waals surface area (Å²) < 4.78 is 9.19. The highest BCUT2D eigenvalue weighted by Gasteiger charge is 2.19. The Balaban J connectivity index is 3.93. The fourth-order valence-corrected chi connectivity index (χ4v) is 0.832. The minimum absolute atomic E-state index is 0.245. The quantitative estimate of drug-likeness (QED) is 0.299. The van der Waals surface area contributed by atoms with Gasteiger partial charge in [-0.15, -0.1) is 0 Å². The van der Waals surface area contributed by atoms with Crippen molar-refractivity contribution in [3.8, 4) is 0 Å². The van der Waals surface area contributed by atoms with Crippen LogP contribution in [-0.2, 0) is 19.1 Å². The SMILES string of the molecule is CC(OC(=O)C(C)I)OC(=O)C(C)I. The van der Waals surface area contributed by atoms with Gasteiger partial charge in [-0.1, -0.05) is 45.2 Å². The molecule has 0 aliphatic rings. The van der Waals surface area contributed by atoms with Gasteiger partial charge in [0.05, 0.1) is 0 Å². The summed E-state index contributed by atoms with van der Waals surface area (Å²) >= 11 is 3.86. The molecule has 0 fully saturated rings. The van der Waals surface area contributed by atoms with Crippen molar-refractivity contribution in [3.63, 3.8) is 0 Å². The summed E-state index contributed by atoms with van der Waals surface area (Å²) in [6, 6.07) is 0. The van der Waals surface area contributed by atoms with Gasteiger partial charge >= 0.3 is 11.9 Å². The van der Waals surface area contributed by atoms with E-state index in [4.69, 9.17) is 9.47 Å². The van der Waals surface area contributed by atoms with Crippen molar-refractivity contribution in [1.29, 1.82) is 0 Å². The number of rotatable bonds is 4. The third-order valence-electron chi connectivity index (χ3n) is 1.21. The summed E-state index contributed by atoms with van der Waals surface area (Å²) in [5, 5.41) is 0. The molecular formula is C8H12I2O4. The molecule has 2 unspecified atom stereocenters. The number of alkyl halides is 2. The Labute approximate surface area is 110 Å². The third-order valence-corrected chi connectivity index (χ3v) is 2.23. The molecule has 0 saturated heterocycles. The van der Waals surface area contributed by atoms with Crippen molar-refractivity contribution in [3.05, 3.63) is 0 Å². The van der Waals surface area contributed by atoms with E-state index in [9.17, 15) is 9.59 Å². The predicted octanol–water partition coefficient (Wildman–Crippen LogP) is 2.07. The molecule has 0 radical (unpaired) electrons. The molecule has 0 saturated carbocycles. The van der Waals surface area contributed by atoms with Crippen LogP contribution in [0.15, 0.2) is 0 Å². The van der Waals surface area contributed by atoms with E-state index < -0.39 is 6.29 Å². The minimum atomic E-state index is -0.815. The van der Waals surface area contributed by atoms with Gasteiger partial charge in [0, 0.05) is 6.92 Å². The molecule has 14 heavy (non-hydrogen) atoms. The van der Waals surface area contributed by atoms with Gasteiger partial charge in [-0.3, -0.25) is 9.59 Å². The first-order valence-corrected chi connectivity index (χ1v) is 6.53. The molecule has 0 aromatic heterocycles. The Morgan fingerprint density at radius 1 is 0.929 bits per heavy atom. The molecule has 0 N–H and O–H groups in total. The first-order chi connectivity index (χ1) is 6.34. The number of hydrogen-bond acceptors (Lipinski definition) is 4. The largest absolute Gasteiger partial charge is 0.425 e. The van der Waals surface area contributed by atoms with Crippen molar-refractivity contribution >= 4 is 57.1 Å². The van der Waals surface area contributed by atoms with Crippen LogP contribution in [0.1, 0.15) is 20.8 Å². The number of carbonyl (C=O) groups excluding carboxylic acids is 2. The lowest BCUT2D eigenvalue weighted by Crippen LogP contribution is -2.27. The van der Waals surface area contributed by atoms with E-state index in [1.807, 2.05) is 45.2 Å². The average molecular weight is 426 g/mol. The Morgan fingerprint density at radius 2 is 1.21 bits per heavy atom. The lowest BCUT2D eigenvalue weighted by atomic mass is 10.5. The molecular weight excluding hydrogens is 414 g/mol. The van der Waals surface area contributed by atoms with Crippen molar-refractivity contribution in [1.82, 2.24) is 0 Å². The Bertz CT molecular complexity index is 193. The average Bonchev–Trinajstić information content (AvgIpc) is 2.03. The highest BCUT2D eigenvalue weighted by molar-refractivity contribution is 14.1. The number of halogens is 2. The summed E-state index contributed by atoms with van der Waals surface area (Å²) in [6.45, 7) is 4.94. The highest BCUT2D eigenvalue weighted by atomic mass is 127. The zero-order valence-corrected chi connectivity index (χ0v) is 12.4. The van der Waals surface area contributed by atoms with Gasteiger partial charge < -0.3 is 9.47 Å². The minimum Gasteiger partial charge on any atom is -0.425 e. The normalized spacial score (nSPS) is 16.6. The summed E-state index contributed by atoms with van der Waals surface area (Å²) in [7, 11) is 0. The monoisotopic (exact) mass is 426 g/mol. The molecule has 0 rings (SSSR count). The van der Waals surface area contributed by atoms with Crippen molar-refractivity contribution in [2.24, 2.45) is 0 Å². The maximum absolute atomic E-state index is 11.1. The van der Waals surface area contributed by atoms with Crippen LogP contribution in [0.2, 0.25) is 0 Å². The predicted molar refractivity (Wildman–Crippen MR) is 68.6 cm³/mol. The molecule has 82 valence electrons. The van der Waals surface area contributed by atoms with Crippen molar-refractivity contribution in [2.75, 3.05) is 0 Å². The standard InChI is InChI=1S/C8H12I2O4/c1-4(9)7(11)13-6(3)14-8(12)5(2)10/h4-6H,1-3H3. The molecule has 0 amide bonds. The fraction of sp³-hybridized carbons (Fsp3) is 0.750. The first kappa shape index (κ1) is 14.4. The number of hydrogen-bond donors (Lipinski definition) is 0. The van der Waals surface area contributed by atoms with Crippen LogP contribution in [0.3, 0.4) is 0 Å². The van der Waals surface area contributed by atoms with E-state index in [1.54, 1.807) is 13.8 Å². The van der Waals surface area contributed by atoms with Gasteiger partial charge in [-0.05, 0) is 13.8 Å². The van der Waals surface area contributed by atoms with Gasteiger partial charge in [-0.25, -0.2) is 0 Å². The molecule has 0 bridgehead atoms. The second-order valence-corrected chi connectivity index (χ2v) is 6.41. The van der Waals surface area contributed by atoms with Crippen molar-refractivity contribution < 1.29 is 19.1 Å². The molecule has 0 aliphatic heterocycles. The van der Waals surface area contributed by atoms with E-state index in [1.165, 1.54) is 6.92 Å². The Morgan fingerprint density at radius 3 is 1.43 bits per heavy atom. The van der Waals surface area contributed by atoms with Gasteiger partial charge in [-0.2, -0.15) is 0 Å². The smallest absolute Gasteiger partial charge is 0.321 e. The van der Waals surface area contributed by atoms with Gasteiger partial charge in [0.25, 0.3) is 0 Å². The zero-order chi connectivity index (χ0) is 11.3. The van der Waals surface area contributed by atoms with Gasteiger partial charge in [0.15, 0.2) is 0 Å². The van der Waals surface area contributed by atoms with E-state index in [2.05, 4.69) is 0 Å². The molecule has 2 atom stereocenters. The van der Waals surface area contributed by atoms with Crippen LogP contribution in [0.5, 0.6) is 0 Å². The maximum atomic E-state index is 11.1. The Hall–Kier alpha value is 0.400. The van der Waals surface area contributed by atoms with Crippen LogP contribution >= 0.6 is 45.2 Å². The lowest BCUT2D eigenvalue weighted by molar-refractivity contribution is -0.182. The fourth-order valence-electron chi connectivity index (χ4n) is 0.539. The lowest BCUT2D eigenvalue weighted by Gasteiger charge is -2.15. The second-order valence-electron chi connectivity index (χ2n) is 2.67. The van der Waals surface area contributed by atoms with E-state index >= 15 is 0 Å². The van der Waals surface area contributed by atoms with Crippen molar-refractivity contribution in [2.45, 2.75) is 34.9 Å². The molecule has 0 heterocycles. The number of esters is 2. The zero-order valence-electron chi connectivity index (χ0n) is 8.12. The number of carbonyl (C=O) groups is 2. The molecule has 4 nitrogen and oxygen atoms in total. The first-order valence-electron chi connectivity index (χ1n) is 4.03.